The Bertz CT molecular complexity index is 591. The molecule has 2 aromatic rings. The van der Waals surface area contributed by atoms with E-state index in [0.717, 1.165) is 12.1 Å². The highest BCUT2D eigenvalue weighted by atomic mass is 16.5. The Morgan fingerprint density at radius 1 is 1.43 bits per heavy atom. The molecular formula is C15H18N4O2. The van der Waals surface area contributed by atoms with E-state index in [1.807, 2.05) is 41.1 Å². The molecule has 0 radical (unpaired) electrons. The van der Waals surface area contributed by atoms with Crippen LogP contribution in [0.1, 0.15) is 5.56 Å². The van der Waals surface area contributed by atoms with Gasteiger partial charge in [0.05, 0.1) is 13.2 Å². The summed E-state index contributed by atoms with van der Waals surface area (Å²) in [6.07, 6.45) is 3.07. The highest BCUT2D eigenvalue weighted by Crippen LogP contribution is 2.10. The van der Waals surface area contributed by atoms with Crippen LogP contribution in [0.2, 0.25) is 0 Å². The number of ether oxygens (including phenoxy) is 1. The number of rotatable bonds is 4. The largest absolute Gasteiger partial charge is 0.366 e. The van der Waals surface area contributed by atoms with Crippen LogP contribution in [0.3, 0.4) is 0 Å². The minimum absolute atomic E-state index is 0.164. The number of hydrogen-bond acceptors (Lipinski definition) is 4. The molecule has 1 amide bonds. The lowest BCUT2D eigenvalue weighted by Gasteiger charge is -2.22. The van der Waals surface area contributed by atoms with Crippen LogP contribution < -0.4 is 10.6 Å². The van der Waals surface area contributed by atoms with Crippen LogP contribution in [0.5, 0.6) is 0 Å². The average molecular weight is 286 g/mol. The molecule has 6 heteroatoms. The Balaban J connectivity index is 1.66. The van der Waals surface area contributed by atoms with Gasteiger partial charge in [-0.3, -0.25) is 10.1 Å². The van der Waals surface area contributed by atoms with Crippen molar-refractivity contribution in [2.24, 2.45) is 0 Å². The number of hydrogen-bond donors (Lipinski definition) is 2. The Morgan fingerprint density at radius 2 is 2.29 bits per heavy atom. The Labute approximate surface area is 123 Å². The van der Waals surface area contributed by atoms with Crippen molar-refractivity contribution in [3.05, 3.63) is 48.3 Å². The van der Waals surface area contributed by atoms with Gasteiger partial charge in [-0.1, -0.05) is 30.3 Å². The van der Waals surface area contributed by atoms with Crippen LogP contribution in [0.25, 0.3) is 0 Å². The summed E-state index contributed by atoms with van der Waals surface area (Å²) in [5, 5.41) is 5.97. The van der Waals surface area contributed by atoms with Gasteiger partial charge in [0.2, 0.25) is 5.95 Å². The van der Waals surface area contributed by atoms with E-state index in [4.69, 9.17) is 4.74 Å². The second-order valence-electron chi connectivity index (χ2n) is 4.92. The molecule has 3 rings (SSSR count). The molecule has 0 unspecified atom stereocenters. The first kappa shape index (κ1) is 13.8. The maximum absolute atomic E-state index is 12.1. The number of morpholine rings is 1. The second kappa shape index (κ2) is 6.51. The van der Waals surface area contributed by atoms with E-state index < -0.39 is 6.10 Å². The van der Waals surface area contributed by atoms with Crippen LogP contribution in [0.15, 0.2) is 42.7 Å². The van der Waals surface area contributed by atoms with Gasteiger partial charge in [-0.05, 0) is 5.56 Å². The summed E-state index contributed by atoms with van der Waals surface area (Å²) in [5.74, 6) is 0.376. The zero-order chi connectivity index (χ0) is 14.5. The summed E-state index contributed by atoms with van der Waals surface area (Å²) >= 11 is 0. The van der Waals surface area contributed by atoms with Crippen LogP contribution in [0.4, 0.5) is 5.95 Å². The van der Waals surface area contributed by atoms with Gasteiger partial charge in [0.1, 0.15) is 6.10 Å². The van der Waals surface area contributed by atoms with Crippen LogP contribution in [0, 0.1) is 0 Å². The number of imidazole rings is 1. The van der Waals surface area contributed by atoms with E-state index in [0.29, 0.717) is 25.6 Å². The van der Waals surface area contributed by atoms with Crippen molar-refractivity contribution in [1.82, 2.24) is 14.9 Å². The molecule has 0 aliphatic carbocycles. The van der Waals surface area contributed by atoms with Gasteiger partial charge >= 0.3 is 0 Å². The molecule has 2 N–H and O–H groups in total. The fourth-order valence-corrected chi connectivity index (χ4v) is 2.27. The van der Waals surface area contributed by atoms with Gasteiger partial charge in [0, 0.05) is 25.5 Å². The summed E-state index contributed by atoms with van der Waals surface area (Å²) in [6.45, 7) is 2.54. The molecule has 0 bridgehead atoms. The van der Waals surface area contributed by atoms with Crippen LogP contribution in [-0.4, -0.2) is 41.3 Å². The van der Waals surface area contributed by atoms with Crippen molar-refractivity contribution in [3.8, 4) is 0 Å². The molecule has 1 fully saturated rings. The number of benzene rings is 1. The first-order chi connectivity index (χ1) is 10.3. The molecule has 21 heavy (non-hydrogen) atoms. The van der Waals surface area contributed by atoms with Crippen LogP contribution in [-0.2, 0) is 16.1 Å². The summed E-state index contributed by atoms with van der Waals surface area (Å²) in [4.78, 5) is 16.3. The van der Waals surface area contributed by atoms with Gasteiger partial charge < -0.3 is 14.6 Å². The number of nitrogens with zero attached hydrogens (tertiary/aromatic N) is 2. The maximum Gasteiger partial charge on any atom is 0.257 e. The molecule has 1 aliphatic heterocycles. The Kier molecular flexibility index (Phi) is 4.28. The molecule has 1 aromatic carbocycles. The molecule has 1 aliphatic rings. The van der Waals surface area contributed by atoms with Crippen molar-refractivity contribution < 1.29 is 9.53 Å². The number of nitrogens with one attached hydrogen (secondary N) is 2. The zero-order valence-corrected chi connectivity index (χ0v) is 11.7. The molecule has 2 heterocycles. The number of anilines is 1. The summed E-state index contributed by atoms with van der Waals surface area (Å²) in [5.41, 5.74) is 1.15. The van der Waals surface area contributed by atoms with Crippen molar-refractivity contribution in [2.75, 3.05) is 25.0 Å². The SMILES string of the molecule is O=C(Nc1nccn1Cc1ccccc1)[C@H]1CNCCO1. The smallest absolute Gasteiger partial charge is 0.257 e. The van der Waals surface area contributed by atoms with Crippen molar-refractivity contribution >= 4 is 11.9 Å². The Hall–Kier alpha value is -2.18. The van der Waals surface area contributed by atoms with Gasteiger partial charge in [-0.15, -0.1) is 0 Å². The van der Waals surface area contributed by atoms with E-state index in [1.165, 1.54) is 0 Å². The molecule has 110 valence electrons. The van der Waals surface area contributed by atoms with E-state index in [2.05, 4.69) is 15.6 Å². The minimum Gasteiger partial charge on any atom is -0.366 e. The number of carbonyl (C=O) groups excluding carboxylic acids is 1. The van der Waals surface area contributed by atoms with Gasteiger partial charge in [0.15, 0.2) is 0 Å². The van der Waals surface area contributed by atoms with E-state index >= 15 is 0 Å². The lowest BCUT2D eigenvalue weighted by atomic mass is 10.2. The molecule has 1 atom stereocenters. The maximum atomic E-state index is 12.1. The standard InChI is InChI=1S/C15H18N4O2/c20-14(13-10-16-7-9-21-13)18-15-17-6-8-19(15)11-12-4-2-1-3-5-12/h1-6,8,13,16H,7,9-11H2,(H,17,18,20)/t13-/m1/s1. The molecule has 0 spiro atoms. The normalized spacial score (nSPS) is 18.4. The summed E-state index contributed by atoms with van der Waals surface area (Å²) in [6, 6.07) is 10.0. The molecule has 1 aromatic heterocycles. The van der Waals surface area contributed by atoms with Crippen molar-refractivity contribution in [2.45, 2.75) is 12.6 Å². The molecule has 0 saturated carbocycles. The first-order valence-corrected chi connectivity index (χ1v) is 7.01. The van der Waals surface area contributed by atoms with E-state index in [9.17, 15) is 4.79 Å². The number of carbonyl (C=O) groups is 1. The first-order valence-electron chi connectivity index (χ1n) is 7.01. The third kappa shape index (κ3) is 3.48. The number of amides is 1. The third-order valence-corrected chi connectivity index (χ3v) is 3.37. The summed E-state index contributed by atoms with van der Waals surface area (Å²) in [7, 11) is 0. The van der Waals surface area contributed by atoms with Crippen LogP contribution >= 0.6 is 0 Å². The highest BCUT2D eigenvalue weighted by molar-refractivity contribution is 5.93. The minimum atomic E-state index is -0.458. The second-order valence-corrected chi connectivity index (χ2v) is 4.92. The van der Waals surface area contributed by atoms with E-state index in [1.54, 1.807) is 6.20 Å². The van der Waals surface area contributed by atoms with Gasteiger partial charge in [-0.25, -0.2) is 4.98 Å². The number of aromatic nitrogens is 2. The molecule has 6 nitrogen and oxygen atoms in total. The topological polar surface area (TPSA) is 68.2 Å². The lowest BCUT2D eigenvalue weighted by molar-refractivity contribution is -0.128. The quantitative estimate of drug-likeness (QED) is 0.874. The average Bonchev–Trinajstić information content (AvgIpc) is 2.96. The van der Waals surface area contributed by atoms with Crippen molar-refractivity contribution in [3.63, 3.8) is 0 Å². The fraction of sp³-hybridized carbons (Fsp3) is 0.333. The molecule has 1 saturated heterocycles. The third-order valence-electron chi connectivity index (χ3n) is 3.37. The lowest BCUT2D eigenvalue weighted by Crippen LogP contribution is -2.45. The monoisotopic (exact) mass is 286 g/mol. The fourth-order valence-electron chi connectivity index (χ4n) is 2.27. The zero-order valence-electron chi connectivity index (χ0n) is 11.7. The highest BCUT2D eigenvalue weighted by Gasteiger charge is 2.22. The summed E-state index contributed by atoms with van der Waals surface area (Å²) < 4.78 is 7.34. The van der Waals surface area contributed by atoms with Gasteiger partial charge in [0.25, 0.3) is 5.91 Å². The predicted molar refractivity (Wildman–Crippen MR) is 79.0 cm³/mol. The molecular weight excluding hydrogens is 268 g/mol. The predicted octanol–water partition coefficient (Wildman–Crippen LogP) is 0.858. The Morgan fingerprint density at radius 3 is 3.05 bits per heavy atom. The van der Waals surface area contributed by atoms with E-state index in [-0.39, 0.29) is 5.91 Å². The van der Waals surface area contributed by atoms with Crippen molar-refractivity contribution in [1.29, 1.82) is 0 Å². The van der Waals surface area contributed by atoms with Gasteiger partial charge in [-0.2, -0.15) is 0 Å².